The molecule has 0 fully saturated rings. The van der Waals surface area contributed by atoms with Crippen molar-refractivity contribution >= 4 is 56.1 Å². The van der Waals surface area contributed by atoms with Crippen LogP contribution >= 0.6 is 31.9 Å². The summed E-state index contributed by atoms with van der Waals surface area (Å²) < 4.78 is 13.2. The third kappa shape index (κ3) is 12.7. The molecule has 0 heterocycles. The van der Waals surface area contributed by atoms with Gasteiger partial charge in [0.2, 0.25) is 11.8 Å². The number of rotatable bonds is 17. The molecule has 0 atom stereocenters. The van der Waals surface area contributed by atoms with Gasteiger partial charge in [-0.05, 0) is 62.1 Å². The summed E-state index contributed by atoms with van der Waals surface area (Å²) >= 11 is 6.88. The van der Waals surface area contributed by atoms with E-state index >= 15 is 0 Å². The number of hydrogen-bond donors (Lipinski definition) is 2. The highest BCUT2D eigenvalue weighted by molar-refractivity contribution is 9.10. The zero-order valence-electron chi connectivity index (χ0n) is 22.0. The topological polar surface area (TPSA) is 101 Å². The lowest BCUT2D eigenvalue weighted by atomic mass is 10.1. The van der Waals surface area contributed by atoms with E-state index in [0.717, 1.165) is 70.1 Å². The van der Waals surface area contributed by atoms with Crippen LogP contribution in [0, 0.1) is 0 Å². The van der Waals surface area contributed by atoms with Gasteiger partial charge >= 0.3 is 0 Å². The first kappa shape index (κ1) is 31.5. The molecule has 2 aromatic carbocycles. The number of carbonyl (C=O) groups excluding carboxylic acids is 2. The Labute approximate surface area is 241 Å². The molecule has 0 aliphatic rings. The van der Waals surface area contributed by atoms with Crippen LogP contribution in [0.4, 0.5) is 0 Å². The van der Waals surface area contributed by atoms with E-state index in [1.165, 1.54) is 0 Å². The number of halogens is 2. The summed E-state index contributed by atoms with van der Waals surface area (Å²) in [5, 5.41) is 8.13. The molecule has 0 spiro atoms. The SMILES string of the molecule is CCCOc1ccc(Br)cc1/C=N/NC(=O)CCCCCCC(=O)N/N=C/c1cc(Br)ccc1OCCC. The molecule has 0 aromatic heterocycles. The Bertz CT molecular complexity index is 1010. The lowest BCUT2D eigenvalue weighted by Gasteiger charge is -2.08. The Hall–Kier alpha value is -2.72. The van der Waals surface area contributed by atoms with E-state index in [2.05, 4.69) is 52.9 Å². The summed E-state index contributed by atoms with van der Waals surface area (Å²) in [6.07, 6.45) is 8.90. The van der Waals surface area contributed by atoms with E-state index in [4.69, 9.17) is 9.47 Å². The smallest absolute Gasteiger partial charge is 0.240 e. The average Bonchev–Trinajstić information content (AvgIpc) is 2.89. The van der Waals surface area contributed by atoms with Crippen molar-refractivity contribution in [1.82, 2.24) is 10.9 Å². The molecule has 206 valence electrons. The standard InChI is InChI=1S/C28H36Br2N4O4/c1-3-15-37-25-13-11-23(29)17-21(25)19-31-33-27(35)9-7-5-6-8-10-28(36)34-32-20-22-18-24(30)12-14-26(22)38-16-4-2/h11-14,17-20H,3-10,15-16H2,1-2H3,(H,33,35)(H,34,36)/b31-19+,32-20+. The van der Waals surface area contributed by atoms with Gasteiger partial charge in [-0.3, -0.25) is 9.59 Å². The summed E-state index contributed by atoms with van der Waals surface area (Å²) in [4.78, 5) is 24.2. The van der Waals surface area contributed by atoms with Gasteiger partial charge in [-0.25, -0.2) is 10.9 Å². The van der Waals surface area contributed by atoms with Gasteiger partial charge in [0.25, 0.3) is 0 Å². The van der Waals surface area contributed by atoms with Gasteiger partial charge in [0.05, 0.1) is 25.6 Å². The molecule has 8 nitrogen and oxygen atoms in total. The number of ether oxygens (including phenoxy) is 2. The van der Waals surface area contributed by atoms with Crippen molar-refractivity contribution in [2.75, 3.05) is 13.2 Å². The third-order valence-corrected chi connectivity index (χ3v) is 6.20. The molecular formula is C28H36Br2N4O4. The van der Waals surface area contributed by atoms with Crippen LogP contribution in [0.2, 0.25) is 0 Å². The number of unbranched alkanes of at least 4 members (excludes halogenated alkanes) is 3. The van der Waals surface area contributed by atoms with Gasteiger partial charge < -0.3 is 9.47 Å². The number of nitrogens with zero attached hydrogens (tertiary/aromatic N) is 2. The van der Waals surface area contributed by atoms with Crippen molar-refractivity contribution in [2.45, 2.75) is 65.2 Å². The number of nitrogens with one attached hydrogen (secondary N) is 2. The van der Waals surface area contributed by atoms with Crippen LogP contribution in [-0.2, 0) is 9.59 Å². The fourth-order valence-electron chi connectivity index (χ4n) is 3.31. The van der Waals surface area contributed by atoms with Crippen LogP contribution in [0.3, 0.4) is 0 Å². The number of amides is 2. The van der Waals surface area contributed by atoms with Crippen LogP contribution in [0.1, 0.15) is 76.3 Å². The van der Waals surface area contributed by atoms with Gasteiger partial charge in [0.15, 0.2) is 0 Å². The largest absolute Gasteiger partial charge is 0.493 e. The van der Waals surface area contributed by atoms with E-state index in [1.807, 2.05) is 50.2 Å². The summed E-state index contributed by atoms with van der Waals surface area (Å²) in [5.74, 6) is 1.16. The number of carbonyl (C=O) groups is 2. The van der Waals surface area contributed by atoms with E-state index in [1.54, 1.807) is 12.4 Å². The Morgan fingerprint density at radius 1 is 0.737 bits per heavy atom. The molecule has 0 saturated carbocycles. The number of hydrazone groups is 2. The average molecular weight is 652 g/mol. The van der Waals surface area contributed by atoms with Crippen molar-refractivity contribution in [1.29, 1.82) is 0 Å². The fourth-order valence-corrected chi connectivity index (χ4v) is 4.07. The minimum atomic E-state index is -0.144. The second kappa shape index (κ2) is 18.5. The van der Waals surface area contributed by atoms with Gasteiger partial charge in [-0.2, -0.15) is 10.2 Å². The van der Waals surface area contributed by atoms with Crippen molar-refractivity contribution in [2.24, 2.45) is 10.2 Å². The maximum Gasteiger partial charge on any atom is 0.240 e. The van der Waals surface area contributed by atoms with Gasteiger partial charge in [0.1, 0.15) is 11.5 Å². The van der Waals surface area contributed by atoms with Crippen LogP contribution in [0.25, 0.3) is 0 Å². The summed E-state index contributed by atoms with van der Waals surface area (Å²) in [6, 6.07) is 11.3. The predicted octanol–water partition coefficient (Wildman–Crippen LogP) is 6.73. The lowest BCUT2D eigenvalue weighted by molar-refractivity contribution is -0.122. The van der Waals surface area contributed by atoms with Gasteiger partial charge in [-0.1, -0.05) is 58.5 Å². The molecule has 2 rings (SSSR count). The Kier molecular flexibility index (Phi) is 15.3. The van der Waals surface area contributed by atoms with Crippen LogP contribution in [-0.4, -0.2) is 37.5 Å². The third-order valence-electron chi connectivity index (χ3n) is 5.21. The molecule has 0 aliphatic heterocycles. The van der Waals surface area contributed by atoms with Crippen molar-refractivity contribution < 1.29 is 19.1 Å². The lowest BCUT2D eigenvalue weighted by Crippen LogP contribution is -2.17. The Morgan fingerprint density at radius 2 is 1.16 bits per heavy atom. The highest BCUT2D eigenvalue weighted by Gasteiger charge is 2.06. The first-order valence-corrected chi connectivity index (χ1v) is 14.5. The molecule has 0 radical (unpaired) electrons. The molecule has 0 bridgehead atoms. The zero-order chi connectivity index (χ0) is 27.6. The molecule has 2 amide bonds. The molecule has 2 N–H and O–H groups in total. The quantitative estimate of drug-likeness (QED) is 0.112. The minimum absolute atomic E-state index is 0.144. The maximum absolute atomic E-state index is 12.1. The first-order chi connectivity index (χ1) is 18.4. The monoisotopic (exact) mass is 650 g/mol. The highest BCUT2D eigenvalue weighted by Crippen LogP contribution is 2.23. The van der Waals surface area contributed by atoms with E-state index in [9.17, 15) is 9.59 Å². The number of hydrogen-bond acceptors (Lipinski definition) is 6. The molecule has 10 heteroatoms. The highest BCUT2D eigenvalue weighted by atomic mass is 79.9. The van der Waals surface area contributed by atoms with Crippen LogP contribution < -0.4 is 20.3 Å². The van der Waals surface area contributed by atoms with Gasteiger partial charge in [-0.15, -0.1) is 0 Å². The molecular weight excluding hydrogens is 616 g/mol. The van der Waals surface area contributed by atoms with E-state index < -0.39 is 0 Å². The van der Waals surface area contributed by atoms with Crippen molar-refractivity contribution in [3.05, 3.63) is 56.5 Å². The number of benzene rings is 2. The second-order valence-electron chi connectivity index (χ2n) is 8.56. The zero-order valence-corrected chi connectivity index (χ0v) is 25.1. The van der Waals surface area contributed by atoms with Gasteiger partial charge in [0, 0.05) is 32.9 Å². The minimum Gasteiger partial charge on any atom is -0.493 e. The summed E-state index contributed by atoms with van der Waals surface area (Å²) in [6.45, 7) is 5.32. The summed E-state index contributed by atoms with van der Waals surface area (Å²) in [5.41, 5.74) is 6.71. The van der Waals surface area contributed by atoms with Crippen LogP contribution in [0.5, 0.6) is 11.5 Å². The van der Waals surface area contributed by atoms with E-state index in [-0.39, 0.29) is 11.8 Å². The normalized spacial score (nSPS) is 11.2. The predicted molar refractivity (Wildman–Crippen MR) is 159 cm³/mol. The molecule has 0 saturated heterocycles. The fraction of sp³-hybridized carbons (Fsp3) is 0.429. The van der Waals surface area contributed by atoms with E-state index in [0.29, 0.717) is 26.1 Å². The molecule has 0 aliphatic carbocycles. The molecule has 0 unspecified atom stereocenters. The maximum atomic E-state index is 12.1. The molecule has 2 aromatic rings. The Morgan fingerprint density at radius 3 is 1.55 bits per heavy atom. The second-order valence-corrected chi connectivity index (χ2v) is 10.4. The first-order valence-electron chi connectivity index (χ1n) is 12.9. The Balaban J connectivity index is 1.62. The molecule has 38 heavy (non-hydrogen) atoms. The van der Waals surface area contributed by atoms with Crippen LogP contribution in [0.15, 0.2) is 55.5 Å². The summed E-state index contributed by atoms with van der Waals surface area (Å²) in [7, 11) is 0. The van der Waals surface area contributed by atoms with Crippen molar-refractivity contribution in [3.8, 4) is 11.5 Å². The van der Waals surface area contributed by atoms with Crippen molar-refractivity contribution in [3.63, 3.8) is 0 Å².